The molecule has 1 unspecified atom stereocenters. The summed E-state index contributed by atoms with van der Waals surface area (Å²) < 4.78 is 0. The maximum atomic E-state index is 12.6. The predicted octanol–water partition coefficient (Wildman–Crippen LogP) is 6.12. The third kappa shape index (κ3) is 6.13. The molecule has 0 aromatic heterocycles. The Labute approximate surface area is 214 Å². The SMILES string of the molecule is NC(CCCCN(Cc1ccc2ccccc2c1)Cc1ccc2ccccc2c1)C(=O)N1CCCC1. The van der Waals surface area contributed by atoms with Gasteiger partial charge in [-0.1, -0.05) is 79.2 Å². The molecule has 4 aromatic carbocycles. The molecule has 2 N–H and O–H groups in total. The molecule has 1 fully saturated rings. The average molecular weight is 480 g/mol. The number of rotatable bonds is 10. The van der Waals surface area contributed by atoms with Crippen LogP contribution in [0.15, 0.2) is 84.9 Å². The van der Waals surface area contributed by atoms with Gasteiger partial charge in [0.05, 0.1) is 6.04 Å². The Balaban J connectivity index is 1.24. The van der Waals surface area contributed by atoms with Crippen molar-refractivity contribution in [2.24, 2.45) is 5.73 Å². The van der Waals surface area contributed by atoms with E-state index in [1.807, 2.05) is 4.90 Å². The number of fused-ring (bicyclic) bond motifs is 2. The van der Waals surface area contributed by atoms with Crippen molar-refractivity contribution in [3.63, 3.8) is 0 Å². The fourth-order valence-electron chi connectivity index (χ4n) is 5.40. The molecule has 0 aliphatic carbocycles. The second kappa shape index (κ2) is 11.7. The zero-order valence-corrected chi connectivity index (χ0v) is 21.1. The number of hydrogen-bond acceptors (Lipinski definition) is 3. The van der Waals surface area contributed by atoms with Crippen LogP contribution in [0.5, 0.6) is 0 Å². The van der Waals surface area contributed by atoms with Gasteiger partial charge in [-0.2, -0.15) is 0 Å². The standard InChI is InChI=1S/C32H37N3O/c33-31(32(36)35-19-7-8-20-35)13-5-6-18-34(23-25-14-16-27-9-1-3-11-29(27)21-25)24-26-15-17-28-10-2-4-12-30(28)22-26/h1-4,9-12,14-17,21-22,31H,5-8,13,18-20,23-24,33H2. The zero-order valence-electron chi connectivity index (χ0n) is 21.1. The predicted molar refractivity (Wildman–Crippen MR) is 150 cm³/mol. The minimum Gasteiger partial charge on any atom is -0.341 e. The van der Waals surface area contributed by atoms with Crippen LogP contribution >= 0.6 is 0 Å². The number of amides is 1. The number of benzene rings is 4. The number of nitrogens with two attached hydrogens (primary N) is 1. The van der Waals surface area contributed by atoms with Gasteiger partial charge in [0.15, 0.2) is 0 Å². The van der Waals surface area contributed by atoms with E-state index in [1.165, 1.54) is 32.7 Å². The lowest BCUT2D eigenvalue weighted by Crippen LogP contribution is -2.42. The molecule has 1 amide bonds. The van der Waals surface area contributed by atoms with Crippen molar-refractivity contribution in [3.8, 4) is 0 Å². The normalized spacial score (nSPS) is 14.7. The molecule has 1 aliphatic heterocycles. The number of likely N-dealkylation sites (tertiary alicyclic amines) is 1. The van der Waals surface area contributed by atoms with Crippen molar-refractivity contribution >= 4 is 27.5 Å². The summed E-state index contributed by atoms with van der Waals surface area (Å²) in [6, 6.07) is 30.3. The first-order chi connectivity index (χ1) is 17.7. The van der Waals surface area contributed by atoms with E-state index in [4.69, 9.17) is 5.73 Å². The molecule has 0 spiro atoms. The van der Waals surface area contributed by atoms with E-state index >= 15 is 0 Å². The van der Waals surface area contributed by atoms with Crippen molar-refractivity contribution in [1.82, 2.24) is 9.80 Å². The molecule has 1 saturated heterocycles. The zero-order chi connectivity index (χ0) is 24.7. The molecule has 4 aromatic rings. The van der Waals surface area contributed by atoms with Crippen molar-refractivity contribution in [1.29, 1.82) is 0 Å². The third-order valence-electron chi connectivity index (χ3n) is 7.41. The Morgan fingerprint density at radius 2 is 1.28 bits per heavy atom. The average Bonchev–Trinajstić information content (AvgIpc) is 3.45. The van der Waals surface area contributed by atoms with Gasteiger partial charge < -0.3 is 10.6 Å². The van der Waals surface area contributed by atoms with Crippen LogP contribution < -0.4 is 5.73 Å². The van der Waals surface area contributed by atoms with Gasteiger partial charge in [-0.05, 0) is 77.0 Å². The highest BCUT2D eigenvalue weighted by Gasteiger charge is 2.23. The van der Waals surface area contributed by atoms with Crippen LogP contribution in [-0.4, -0.2) is 41.4 Å². The van der Waals surface area contributed by atoms with Gasteiger partial charge in [-0.15, -0.1) is 0 Å². The van der Waals surface area contributed by atoms with E-state index in [1.54, 1.807) is 0 Å². The Hall–Kier alpha value is -3.21. The van der Waals surface area contributed by atoms with Gasteiger partial charge >= 0.3 is 0 Å². The van der Waals surface area contributed by atoms with E-state index in [0.29, 0.717) is 0 Å². The maximum Gasteiger partial charge on any atom is 0.239 e. The Kier molecular flexibility index (Phi) is 7.95. The van der Waals surface area contributed by atoms with Crippen molar-refractivity contribution < 1.29 is 4.79 Å². The minimum absolute atomic E-state index is 0.136. The number of hydrogen-bond donors (Lipinski definition) is 1. The summed E-state index contributed by atoms with van der Waals surface area (Å²) >= 11 is 0. The molecular formula is C32H37N3O. The van der Waals surface area contributed by atoms with Crippen LogP contribution in [0.4, 0.5) is 0 Å². The van der Waals surface area contributed by atoms with Crippen LogP contribution in [0.2, 0.25) is 0 Å². The lowest BCUT2D eigenvalue weighted by molar-refractivity contribution is -0.131. The molecule has 36 heavy (non-hydrogen) atoms. The Morgan fingerprint density at radius 3 is 1.83 bits per heavy atom. The number of carbonyl (C=O) groups is 1. The summed E-state index contributed by atoms with van der Waals surface area (Å²) in [6.07, 6.45) is 4.97. The summed E-state index contributed by atoms with van der Waals surface area (Å²) in [4.78, 5) is 17.0. The highest BCUT2D eigenvalue weighted by Crippen LogP contribution is 2.21. The van der Waals surface area contributed by atoms with Crippen molar-refractivity contribution in [2.45, 2.75) is 51.2 Å². The van der Waals surface area contributed by atoms with Gasteiger partial charge in [-0.25, -0.2) is 0 Å². The van der Waals surface area contributed by atoms with Crippen LogP contribution in [0, 0.1) is 0 Å². The molecule has 0 bridgehead atoms. The fourth-order valence-corrected chi connectivity index (χ4v) is 5.40. The summed E-state index contributed by atoms with van der Waals surface area (Å²) in [5.74, 6) is 0.136. The maximum absolute atomic E-state index is 12.6. The van der Waals surface area contributed by atoms with Gasteiger partial charge in [0.2, 0.25) is 5.91 Å². The largest absolute Gasteiger partial charge is 0.341 e. The lowest BCUT2D eigenvalue weighted by atomic mass is 10.0. The number of carbonyl (C=O) groups excluding carboxylic acids is 1. The molecule has 1 aliphatic rings. The lowest BCUT2D eigenvalue weighted by Gasteiger charge is -2.24. The molecule has 4 nitrogen and oxygen atoms in total. The topological polar surface area (TPSA) is 49.6 Å². The van der Waals surface area contributed by atoms with Crippen molar-refractivity contribution in [3.05, 3.63) is 96.1 Å². The quantitative estimate of drug-likeness (QED) is 0.279. The van der Waals surface area contributed by atoms with E-state index in [-0.39, 0.29) is 11.9 Å². The second-order valence-corrected chi connectivity index (χ2v) is 10.2. The van der Waals surface area contributed by atoms with Crippen LogP contribution in [0.1, 0.15) is 43.2 Å². The van der Waals surface area contributed by atoms with Crippen LogP contribution in [-0.2, 0) is 17.9 Å². The van der Waals surface area contributed by atoms with Crippen molar-refractivity contribution in [2.75, 3.05) is 19.6 Å². The van der Waals surface area contributed by atoms with Gasteiger partial charge in [0.1, 0.15) is 0 Å². The molecule has 5 rings (SSSR count). The summed E-state index contributed by atoms with van der Waals surface area (Å²) in [5.41, 5.74) is 8.92. The molecule has 4 heteroatoms. The molecule has 0 saturated carbocycles. The monoisotopic (exact) mass is 479 g/mol. The fraction of sp³-hybridized carbons (Fsp3) is 0.344. The van der Waals surface area contributed by atoms with Crippen LogP contribution in [0.3, 0.4) is 0 Å². The van der Waals surface area contributed by atoms with E-state index in [2.05, 4.69) is 89.8 Å². The van der Waals surface area contributed by atoms with Gasteiger partial charge in [-0.3, -0.25) is 9.69 Å². The first kappa shape index (κ1) is 24.5. The highest BCUT2D eigenvalue weighted by molar-refractivity contribution is 5.84. The molecular weight excluding hydrogens is 442 g/mol. The summed E-state index contributed by atoms with van der Waals surface area (Å²) in [5, 5.41) is 5.12. The van der Waals surface area contributed by atoms with Crippen LogP contribution in [0.25, 0.3) is 21.5 Å². The summed E-state index contributed by atoms with van der Waals surface area (Å²) in [6.45, 7) is 4.52. The smallest absolute Gasteiger partial charge is 0.239 e. The van der Waals surface area contributed by atoms with Gasteiger partial charge in [0.25, 0.3) is 0 Å². The Bertz CT molecular complexity index is 1230. The van der Waals surface area contributed by atoms with E-state index in [0.717, 1.165) is 64.8 Å². The minimum atomic E-state index is -0.363. The number of nitrogens with zero attached hydrogens (tertiary/aromatic N) is 2. The van der Waals surface area contributed by atoms with E-state index < -0.39 is 0 Å². The number of unbranched alkanes of at least 4 members (excludes halogenated alkanes) is 1. The third-order valence-corrected chi connectivity index (χ3v) is 7.41. The second-order valence-electron chi connectivity index (χ2n) is 10.2. The first-order valence-corrected chi connectivity index (χ1v) is 13.4. The van der Waals surface area contributed by atoms with Gasteiger partial charge in [0, 0.05) is 26.2 Å². The highest BCUT2D eigenvalue weighted by atomic mass is 16.2. The molecule has 1 atom stereocenters. The molecule has 186 valence electrons. The molecule has 1 heterocycles. The first-order valence-electron chi connectivity index (χ1n) is 13.4. The Morgan fingerprint density at radius 1 is 0.750 bits per heavy atom. The molecule has 0 radical (unpaired) electrons. The summed E-state index contributed by atoms with van der Waals surface area (Å²) in [7, 11) is 0. The van der Waals surface area contributed by atoms with E-state index in [9.17, 15) is 4.79 Å².